The molecule has 0 atom stereocenters. The average Bonchev–Trinajstić information content (AvgIpc) is 2.43. The maximum absolute atomic E-state index is 11.0. The topological polar surface area (TPSA) is 74.6 Å². The van der Waals surface area contributed by atoms with Gasteiger partial charge in [-0.1, -0.05) is 41.2 Å². The zero-order valence-electron chi connectivity index (χ0n) is 10.4. The molecule has 1 aliphatic rings. The van der Waals surface area contributed by atoms with Crippen LogP contribution in [0.1, 0.15) is 42.6 Å². The van der Waals surface area contributed by atoms with Crippen LogP contribution in [0.2, 0.25) is 15.2 Å². The van der Waals surface area contributed by atoms with Crippen LogP contribution in [-0.2, 0) is 0 Å². The highest BCUT2D eigenvalue weighted by Crippen LogP contribution is 2.37. The molecule has 1 aromatic rings. The highest BCUT2D eigenvalue weighted by Gasteiger charge is 2.21. The van der Waals surface area contributed by atoms with Gasteiger partial charge in [0, 0.05) is 5.71 Å². The van der Waals surface area contributed by atoms with Gasteiger partial charge in [-0.05, 0) is 25.7 Å². The van der Waals surface area contributed by atoms with Crippen molar-refractivity contribution in [3.8, 4) is 0 Å². The molecule has 5 nitrogen and oxygen atoms in total. The maximum atomic E-state index is 11.0. The monoisotopic (exact) mass is 335 g/mol. The molecule has 0 unspecified atom stereocenters. The summed E-state index contributed by atoms with van der Waals surface area (Å²) in [7, 11) is 0. The Kier molecular flexibility index (Phi) is 5.07. The van der Waals surface area contributed by atoms with Crippen molar-refractivity contribution in [2.45, 2.75) is 32.1 Å². The van der Waals surface area contributed by atoms with Crippen LogP contribution >= 0.6 is 34.8 Å². The molecule has 108 valence electrons. The van der Waals surface area contributed by atoms with Crippen molar-refractivity contribution in [3.63, 3.8) is 0 Å². The van der Waals surface area contributed by atoms with Crippen LogP contribution in [0.4, 0.5) is 5.69 Å². The fraction of sp³-hybridized carbons (Fsp3) is 0.417. The van der Waals surface area contributed by atoms with Gasteiger partial charge in [-0.2, -0.15) is 5.10 Å². The maximum Gasteiger partial charge on any atom is 0.356 e. The summed E-state index contributed by atoms with van der Waals surface area (Å²) in [5.41, 5.74) is 3.55. The molecule has 2 rings (SSSR count). The first-order valence-electron chi connectivity index (χ1n) is 6.10. The molecular weight excluding hydrogens is 325 g/mol. The minimum atomic E-state index is -1.28. The summed E-state index contributed by atoms with van der Waals surface area (Å²) < 4.78 is 0. The Labute approximate surface area is 130 Å². The number of rotatable bonds is 3. The van der Waals surface area contributed by atoms with Crippen molar-refractivity contribution in [1.82, 2.24) is 4.98 Å². The van der Waals surface area contributed by atoms with Gasteiger partial charge >= 0.3 is 5.97 Å². The molecule has 20 heavy (non-hydrogen) atoms. The Bertz CT molecular complexity index is 568. The molecule has 1 fully saturated rings. The van der Waals surface area contributed by atoms with Crippen LogP contribution in [0.3, 0.4) is 0 Å². The number of carboxylic acid groups (broad SMARTS) is 1. The first-order chi connectivity index (χ1) is 9.50. The molecule has 8 heteroatoms. The molecule has 1 aliphatic carbocycles. The molecule has 1 saturated carbocycles. The number of nitrogens with one attached hydrogen (secondary N) is 1. The number of hydrogen-bond donors (Lipinski definition) is 2. The molecule has 2 N–H and O–H groups in total. The minimum absolute atomic E-state index is 0.0572. The lowest BCUT2D eigenvalue weighted by Crippen LogP contribution is -2.09. The number of pyridine rings is 1. The highest BCUT2D eigenvalue weighted by molar-refractivity contribution is 6.46. The Morgan fingerprint density at radius 3 is 2.40 bits per heavy atom. The second kappa shape index (κ2) is 6.61. The summed E-state index contributed by atoms with van der Waals surface area (Å²) in [6, 6.07) is 0. The van der Waals surface area contributed by atoms with Gasteiger partial charge in [0.05, 0.1) is 5.69 Å². The SMILES string of the molecule is O=C(O)c1nc(Cl)c(Cl)c(NN=C2CCCCC2)c1Cl. The number of aromatic carboxylic acids is 1. The van der Waals surface area contributed by atoms with E-state index in [4.69, 9.17) is 39.9 Å². The summed E-state index contributed by atoms with van der Waals surface area (Å²) in [4.78, 5) is 14.7. The van der Waals surface area contributed by atoms with Gasteiger partial charge in [-0.3, -0.25) is 5.43 Å². The second-order valence-electron chi connectivity index (χ2n) is 4.41. The summed E-state index contributed by atoms with van der Waals surface area (Å²) >= 11 is 17.8. The van der Waals surface area contributed by atoms with Crippen LogP contribution < -0.4 is 5.43 Å². The average molecular weight is 337 g/mol. The molecule has 0 amide bonds. The fourth-order valence-corrected chi connectivity index (χ4v) is 2.63. The lowest BCUT2D eigenvalue weighted by molar-refractivity contribution is 0.0691. The number of hydrogen-bond acceptors (Lipinski definition) is 4. The van der Waals surface area contributed by atoms with Crippen molar-refractivity contribution in [1.29, 1.82) is 0 Å². The van der Waals surface area contributed by atoms with Crippen molar-refractivity contribution < 1.29 is 9.90 Å². The highest BCUT2D eigenvalue weighted by atomic mass is 35.5. The third kappa shape index (κ3) is 3.34. The minimum Gasteiger partial charge on any atom is -0.476 e. The molecule has 0 spiro atoms. The third-order valence-corrected chi connectivity index (χ3v) is 4.10. The number of anilines is 1. The molecule has 1 heterocycles. The van der Waals surface area contributed by atoms with E-state index in [1.54, 1.807) is 0 Å². The smallest absolute Gasteiger partial charge is 0.356 e. The van der Waals surface area contributed by atoms with Crippen LogP contribution in [0, 0.1) is 0 Å². The molecule has 0 radical (unpaired) electrons. The first-order valence-corrected chi connectivity index (χ1v) is 7.23. The fourth-order valence-electron chi connectivity index (χ4n) is 1.96. The van der Waals surface area contributed by atoms with E-state index in [0.29, 0.717) is 0 Å². The predicted molar refractivity (Wildman–Crippen MR) is 80.4 cm³/mol. The van der Waals surface area contributed by atoms with Crippen molar-refractivity contribution in [3.05, 3.63) is 20.9 Å². The summed E-state index contributed by atoms with van der Waals surface area (Å²) in [6.07, 6.45) is 5.21. The zero-order chi connectivity index (χ0) is 14.7. The van der Waals surface area contributed by atoms with Crippen LogP contribution in [0.15, 0.2) is 5.10 Å². The molecule has 0 aromatic carbocycles. The van der Waals surface area contributed by atoms with Crippen molar-refractivity contribution >= 4 is 52.2 Å². The number of nitrogens with zero attached hydrogens (tertiary/aromatic N) is 2. The molecule has 1 aromatic heterocycles. The van der Waals surface area contributed by atoms with E-state index in [-0.39, 0.29) is 26.6 Å². The summed E-state index contributed by atoms with van der Waals surface area (Å²) in [5.74, 6) is -1.28. The number of hydrazone groups is 1. The number of aromatic nitrogens is 1. The van der Waals surface area contributed by atoms with Gasteiger partial charge in [0.25, 0.3) is 0 Å². The summed E-state index contributed by atoms with van der Waals surface area (Å²) in [6.45, 7) is 0. The van der Waals surface area contributed by atoms with E-state index in [2.05, 4.69) is 15.5 Å². The van der Waals surface area contributed by atoms with Gasteiger partial charge in [0.15, 0.2) is 10.8 Å². The first kappa shape index (κ1) is 15.4. The lowest BCUT2D eigenvalue weighted by Gasteiger charge is -2.14. The lowest BCUT2D eigenvalue weighted by atomic mass is 9.99. The van der Waals surface area contributed by atoms with Crippen LogP contribution in [0.25, 0.3) is 0 Å². The summed E-state index contributed by atoms with van der Waals surface area (Å²) in [5, 5.41) is 13.1. The van der Waals surface area contributed by atoms with Crippen LogP contribution in [-0.4, -0.2) is 21.8 Å². The van der Waals surface area contributed by atoms with E-state index in [1.165, 1.54) is 6.42 Å². The Morgan fingerprint density at radius 1 is 1.15 bits per heavy atom. The van der Waals surface area contributed by atoms with Gasteiger partial charge < -0.3 is 5.11 Å². The van der Waals surface area contributed by atoms with Gasteiger partial charge in [-0.25, -0.2) is 9.78 Å². The quantitative estimate of drug-likeness (QED) is 0.630. The van der Waals surface area contributed by atoms with E-state index in [0.717, 1.165) is 31.4 Å². The number of carbonyl (C=O) groups is 1. The Hall–Kier alpha value is -1.04. The molecule has 0 bridgehead atoms. The van der Waals surface area contributed by atoms with Gasteiger partial charge in [-0.15, -0.1) is 0 Å². The molecular formula is C12H12Cl3N3O2. The molecule has 0 aliphatic heterocycles. The van der Waals surface area contributed by atoms with Crippen molar-refractivity contribution in [2.24, 2.45) is 5.10 Å². The largest absolute Gasteiger partial charge is 0.476 e. The van der Waals surface area contributed by atoms with E-state index in [1.807, 2.05) is 0 Å². The van der Waals surface area contributed by atoms with E-state index in [9.17, 15) is 4.79 Å². The second-order valence-corrected chi connectivity index (χ2v) is 5.52. The Morgan fingerprint density at radius 2 is 1.80 bits per heavy atom. The van der Waals surface area contributed by atoms with Gasteiger partial charge in [0.2, 0.25) is 0 Å². The standard InChI is InChI=1S/C12H12Cl3N3O2/c13-7-9(18-17-6-4-2-1-3-5-6)8(14)11(15)16-10(7)12(19)20/h1-5H2,(H,16,18)(H,19,20). The predicted octanol–water partition coefficient (Wildman–Crippen LogP) is 4.47. The molecule has 0 saturated heterocycles. The van der Waals surface area contributed by atoms with Crippen molar-refractivity contribution in [2.75, 3.05) is 5.43 Å². The number of carboxylic acids is 1. The third-order valence-electron chi connectivity index (χ3n) is 3.00. The van der Waals surface area contributed by atoms with E-state index >= 15 is 0 Å². The van der Waals surface area contributed by atoms with Crippen LogP contribution in [0.5, 0.6) is 0 Å². The van der Waals surface area contributed by atoms with Gasteiger partial charge in [0.1, 0.15) is 10.0 Å². The Balaban J connectivity index is 2.32. The number of halogens is 3. The zero-order valence-corrected chi connectivity index (χ0v) is 12.7. The normalized spacial score (nSPS) is 15.1. The van der Waals surface area contributed by atoms with E-state index < -0.39 is 5.97 Å².